The summed E-state index contributed by atoms with van der Waals surface area (Å²) < 4.78 is 0.961. The fourth-order valence-corrected chi connectivity index (χ4v) is 3.01. The number of nitrogens with zero attached hydrogens (tertiary/aromatic N) is 2. The molecule has 2 aromatic rings. The first-order valence-electron chi connectivity index (χ1n) is 7.15. The smallest absolute Gasteiger partial charge is 0.151 e. The summed E-state index contributed by atoms with van der Waals surface area (Å²) in [4.78, 5) is 6.81. The van der Waals surface area contributed by atoms with E-state index in [9.17, 15) is 5.11 Å². The zero-order chi connectivity index (χ0) is 14.7. The van der Waals surface area contributed by atoms with E-state index in [2.05, 4.69) is 31.1 Å². The molecule has 21 heavy (non-hydrogen) atoms. The molecule has 110 valence electrons. The summed E-state index contributed by atoms with van der Waals surface area (Å²) in [5.41, 5.74) is 1.87. The Hall–Kier alpha value is -1.75. The summed E-state index contributed by atoms with van der Waals surface area (Å²) in [6.07, 6.45) is 4.28. The van der Waals surface area contributed by atoms with Crippen molar-refractivity contribution in [3.8, 4) is 5.75 Å². The third kappa shape index (κ3) is 3.29. The zero-order valence-corrected chi connectivity index (χ0v) is 13.3. The molecule has 0 spiro atoms. The Bertz CT molecular complexity index is 627. The maximum Gasteiger partial charge on any atom is 0.151 e. The molecule has 5 heteroatoms. The number of hydrogen-bond donors (Lipinski definition) is 2. The third-order valence-electron chi connectivity index (χ3n) is 3.70. The summed E-state index contributed by atoms with van der Waals surface area (Å²) in [6.45, 7) is 2.69. The first-order valence-corrected chi connectivity index (χ1v) is 7.94. The summed E-state index contributed by atoms with van der Waals surface area (Å²) in [7, 11) is 0. The fourth-order valence-electron chi connectivity index (χ4n) is 2.60. The highest BCUT2D eigenvalue weighted by atomic mass is 79.9. The average Bonchev–Trinajstić information content (AvgIpc) is 3.03. The van der Waals surface area contributed by atoms with Crippen molar-refractivity contribution >= 4 is 27.4 Å². The largest absolute Gasteiger partial charge is 0.508 e. The summed E-state index contributed by atoms with van der Waals surface area (Å²) in [5, 5.41) is 13.3. The lowest BCUT2D eigenvalue weighted by Crippen LogP contribution is -2.20. The van der Waals surface area contributed by atoms with Crippen LogP contribution in [0.4, 0.5) is 11.5 Å². The van der Waals surface area contributed by atoms with Crippen LogP contribution in [-0.2, 0) is 6.54 Å². The van der Waals surface area contributed by atoms with Gasteiger partial charge in [-0.1, -0.05) is 15.9 Å². The van der Waals surface area contributed by atoms with E-state index in [4.69, 9.17) is 0 Å². The van der Waals surface area contributed by atoms with Gasteiger partial charge in [0, 0.05) is 35.9 Å². The van der Waals surface area contributed by atoms with Crippen molar-refractivity contribution in [1.82, 2.24) is 4.98 Å². The van der Waals surface area contributed by atoms with Crippen molar-refractivity contribution in [1.29, 1.82) is 0 Å². The van der Waals surface area contributed by atoms with E-state index in [-0.39, 0.29) is 0 Å². The monoisotopic (exact) mass is 347 g/mol. The van der Waals surface area contributed by atoms with Crippen LogP contribution in [0.15, 0.2) is 41.0 Å². The molecular weight excluding hydrogens is 330 g/mol. The number of pyridine rings is 1. The van der Waals surface area contributed by atoms with E-state index in [0.29, 0.717) is 12.3 Å². The normalized spacial score (nSPS) is 14.4. The molecule has 1 aliphatic heterocycles. The number of anilines is 2. The Morgan fingerprint density at radius 1 is 1.24 bits per heavy atom. The molecule has 0 saturated carbocycles. The minimum absolute atomic E-state index is 0.303. The van der Waals surface area contributed by atoms with E-state index >= 15 is 0 Å². The van der Waals surface area contributed by atoms with E-state index in [1.165, 1.54) is 12.8 Å². The zero-order valence-electron chi connectivity index (χ0n) is 11.7. The maximum atomic E-state index is 9.91. The lowest BCUT2D eigenvalue weighted by Gasteiger charge is -2.20. The van der Waals surface area contributed by atoms with Gasteiger partial charge < -0.3 is 15.3 Å². The highest BCUT2D eigenvalue weighted by Crippen LogP contribution is 2.28. The molecule has 1 saturated heterocycles. The lowest BCUT2D eigenvalue weighted by molar-refractivity contribution is 0.469. The molecule has 0 aliphatic carbocycles. The number of nitrogens with one attached hydrogen (secondary N) is 1. The first kappa shape index (κ1) is 14.2. The van der Waals surface area contributed by atoms with Gasteiger partial charge in [0.25, 0.3) is 0 Å². The summed E-state index contributed by atoms with van der Waals surface area (Å²) in [6, 6.07) is 9.43. The van der Waals surface area contributed by atoms with Crippen LogP contribution in [0.1, 0.15) is 18.4 Å². The van der Waals surface area contributed by atoms with Crippen LogP contribution in [0.3, 0.4) is 0 Å². The van der Waals surface area contributed by atoms with Gasteiger partial charge in [-0.05, 0) is 43.2 Å². The van der Waals surface area contributed by atoms with Crippen LogP contribution >= 0.6 is 15.9 Å². The molecule has 4 nitrogen and oxygen atoms in total. The van der Waals surface area contributed by atoms with Crippen molar-refractivity contribution < 1.29 is 5.11 Å². The Kier molecular flexibility index (Phi) is 4.29. The van der Waals surface area contributed by atoms with Gasteiger partial charge in [-0.2, -0.15) is 0 Å². The van der Waals surface area contributed by atoms with Crippen molar-refractivity contribution in [3.63, 3.8) is 0 Å². The summed E-state index contributed by atoms with van der Waals surface area (Å²) in [5.74, 6) is 1.31. The van der Waals surface area contributed by atoms with Crippen LogP contribution in [-0.4, -0.2) is 23.2 Å². The standard InChI is InChI=1S/C16H18BrN3O/c17-13-5-6-15(21)12(10-13)11-19-14-4-3-7-18-16(14)20-8-1-2-9-20/h3-7,10,19,21H,1-2,8-9,11H2. The van der Waals surface area contributed by atoms with Gasteiger partial charge >= 0.3 is 0 Å². The molecule has 0 unspecified atom stereocenters. The Morgan fingerprint density at radius 2 is 2.05 bits per heavy atom. The Balaban J connectivity index is 1.77. The number of aromatic nitrogens is 1. The molecule has 2 N–H and O–H groups in total. The predicted octanol–water partition coefficient (Wildman–Crippen LogP) is 3.76. The van der Waals surface area contributed by atoms with Crippen LogP contribution in [0.5, 0.6) is 5.75 Å². The van der Waals surface area contributed by atoms with E-state index in [0.717, 1.165) is 34.6 Å². The van der Waals surface area contributed by atoms with Crippen LogP contribution in [0.2, 0.25) is 0 Å². The van der Waals surface area contributed by atoms with E-state index in [1.54, 1.807) is 6.07 Å². The second-order valence-corrected chi connectivity index (χ2v) is 6.11. The Morgan fingerprint density at radius 3 is 2.86 bits per heavy atom. The van der Waals surface area contributed by atoms with Crippen molar-refractivity contribution in [2.75, 3.05) is 23.3 Å². The topological polar surface area (TPSA) is 48.4 Å². The molecular formula is C16H18BrN3O. The molecule has 1 aromatic carbocycles. The highest BCUT2D eigenvalue weighted by molar-refractivity contribution is 9.10. The lowest BCUT2D eigenvalue weighted by atomic mass is 10.2. The Labute approximate surface area is 132 Å². The van der Waals surface area contributed by atoms with Gasteiger partial charge in [0.2, 0.25) is 0 Å². The number of phenols is 1. The quantitative estimate of drug-likeness (QED) is 0.883. The maximum absolute atomic E-state index is 9.91. The van der Waals surface area contributed by atoms with E-state index in [1.807, 2.05) is 30.5 Å². The molecule has 1 aromatic heterocycles. The van der Waals surface area contributed by atoms with Gasteiger partial charge in [0.15, 0.2) is 5.82 Å². The number of aromatic hydroxyl groups is 1. The van der Waals surface area contributed by atoms with Crippen LogP contribution in [0, 0.1) is 0 Å². The minimum atomic E-state index is 0.303. The van der Waals surface area contributed by atoms with Gasteiger partial charge in [0.1, 0.15) is 5.75 Å². The molecule has 3 rings (SSSR count). The van der Waals surface area contributed by atoms with Crippen molar-refractivity contribution in [2.24, 2.45) is 0 Å². The number of rotatable bonds is 4. The number of phenolic OH excluding ortho intramolecular Hbond substituents is 1. The average molecular weight is 348 g/mol. The number of hydrogen-bond acceptors (Lipinski definition) is 4. The molecule has 1 aliphatic rings. The molecule has 0 atom stereocenters. The van der Waals surface area contributed by atoms with Gasteiger partial charge in [-0.25, -0.2) is 4.98 Å². The molecule has 0 bridgehead atoms. The molecule has 1 fully saturated rings. The van der Waals surface area contributed by atoms with Crippen molar-refractivity contribution in [3.05, 3.63) is 46.6 Å². The summed E-state index contributed by atoms with van der Waals surface area (Å²) >= 11 is 3.43. The molecule has 0 amide bonds. The van der Waals surface area contributed by atoms with Gasteiger partial charge in [-0.15, -0.1) is 0 Å². The fraction of sp³-hybridized carbons (Fsp3) is 0.312. The van der Waals surface area contributed by atoms with Crippen molar-refractivity contribution in [2.45, 2.75) is 19.4 Å². The second kappa shape index (κ2) is 6.35. The third-order valence-corrected chi connectivity index (χ3v) is 4.20. The minimum Gasteiger partial charge on any atom is -0.508 e. The predicted molar refractivity (Wildman–Crippen MR) is 88.8 cm³/mol. The molecule has 0 radical (unpaired) electrons. The van der Waals surface area contributed by atoms with Gasteiger partial charge in [-0.3, -0.25) is 0 Å². The van der Waals surface area contributed by atoms with Crippen LogP contribution < -0.4 is 10.2 Å². The first-order chi connectivity index (χ1) is 10.2. The van der Waals surface area contributed by atoms with E-state index < -0.39 is 0 Å². The second-order valence-electron chi connectivity index (χ2n) is 5.20. The highest BCUT2D eigenvalue weighted by Gasteiger charge is 2.16. The van der Waals surface area contributed by atoms with Gasteiger partial charge in [0.05, 0.1) is 5.69 Å². The number of benzene rings is 1. The number of halogens is 1. The molecule has 2 heterocycles. The van der Waals surface area contributed by atoms with Crippen LogP contribution in [0.25, 0.3) is 0 Å². The SMILES string of the molecule is Oc1ccc(Br)cc1CNc1cccnc1N1CCCC1.